The number of rotatable bonds is 6. The zero-order valence-corrected chi connectivity index (χ0v) is 14.6. The van der Waals surface area contributed by atoms with E-state index >= 15 is 0 Å². The molecule has 1 atom stereocenters. The van der Waals surface area contributed by atoms with Crippen LogP contribution in [0, 0.1) is 5.92 Å². The molecule has 0 saturated heterocycles. The molecule has 0 aliphatic carbocycles. The molecule has 0 unspecified atom stereocenters. The smallest absolute Gasteiger partial charge is 0.318 e. The van der Waals surface area contributed by atoms with Crippen molar-refractivity contribution in [3.8, 4) is 0 Å². The fourth-order valence-corrected chi connectivity index (χ4v) is 3.43. The van der Waals surface area contributed by atoms with Gasteiger partial charge in [-0.3, -0.25) is 14.9 Å². The molecular formula is C14H16N4O4S2. The van der Waals surface area contributed by atoms with Gasteiger partial charge in [0.15, 0.2) is 6.10 Å². The number of urea groups is 1. The average molecular weight is 368 g/mol. The van der Waals surface area contributed by atoms with Crippen LogP contribution >= 0.6 is 23.1 Å². The zero-order chi connectivity index (χ0) is 17.7. The fraction of sp³-hybridized carbons (Fsp3) is 0.357. The second-order valence-corrected chi connectivity index (χ2v) is 6.97. The molecule has 2 heterocycles. The van der Waals surface area contributed by atoms with Crippen molar-refractivity contribution < 1.29 is 19.1 Å². The van der Waals surface area contributed by atoms with Gasteiger partial charge in [-0.05, 0) is 17.4 Å². The number of imide groups is 1. The van der Waals surface area contributed by atoms with Crippen molar-refractivity contribution in [3.63, 3.8) is 0 Å². The number of ether oxygens (including phenoxy) is 1. The number of hydrogen-bond donors (Lipinski definition) is 2. The summed E-state index contributed by atoms with van der Waals surface area (Å²) in [7, 11) is 0. The van der Waals surface area contributed by atoms with Gasteiger partial charge in [0, 0.05) is 5.39 Å². The minimum Gasteiger partial charge on any atom is -0.451 e. The van der Waals surface area contributed by atoms with Crippen LogP contribution in [0.2, 0.25) is 0 Å². The Bertz CT molecular complexity index is 762. The van der Waals surface area contributed by atoms with Crippen molar-refractivity contribution >= 4 is 51.2 Å². The first-order chi connectivity index (χ1) is 11.4. The number of amides is 3. The van der Waals surface area contributed by atoms with E-state index in [0.717, 1.165) is 10.2 Å². The number of aromatic nitrogens is 2. The highest BCUT2D eigenvalue weighted by Gasteiger charge is 2.27. The van der Waals surface area contributed by atoms with Gasteiger partial charge in [-0.1, -0.05) is 25.6 Å². The van der Waals surface area contributed by atoms with E-state index in [0.29, 0.717) is 5.03 Å². The number of thiophene rings is 1. The van der Waals surface area contributed by atoms with Crippen LogP contribution in [0.15, 0.2) is 22.8 Å². The van der Waals surface area contributed by atoms with Crippen LogP contribution in [-0.2, 0) is 14.3 Å². The molecule has 10 heteroatoms. The van der Waals surface area contributed by atoms with Gasteiger partial charge in [0.05, 0.1) is 5.75 Å². The van der Waals surface area contributed by atoms with Crippen molar-refractivity contribution in [2.24, 2.45) is 11.7 Å². The quantitative estimate of drug-likeness (QED) is 0.450. The molecule has 0 spiro atoms. The van der Waals surface area contributed by atoms with Gasteiger partial charge in [0.1, 0.15) is 16.2 Å². The summed E-state index contributed by atoms with van der Waals surface area (Å²) in [5, 5.41) is 5.35. The van der Waals surface area contributed by atoms with Gasteiger partial charge in [0.25, 0.3) is 5.91 Å². The van der Waals surface area contributed by atoms with Crippen molar-refractivity contribution in [3.05, 3.63) is 17.8 Å². The summed E-state index contributed by atoms with van der Waals surface area (Å²) in [6, 6.07) is 0.891. The molecule has 0 fully saturated rings. The number of nitrogens with one attached hydrogen (secondary N) is 1. The van der Waals surface area contributed by atoms with E-state index in [4.69, 9.17) is 10.5 Å². The molecule has 128 valence electrons. The maximum atomic E-state index is 12.0. The number of thioether (sulfide) groups is 1. The number of esters is 1. The number of fused-ring (bicyclic) bond motifs is 1. The molecule has 0 bridgehead atoms. The third-order valence-electron chi connectivity index (χ3n) is 2.92. The maximum Gasteiger partial charge on any atom is 0.318 e. The van der Waals surface area contributed by atoms with Gasteiger partial charge >= 0.3 is 12.0 Å². The third kappa shape index (κ3) is 4.65. The minimum absolute atomic E-state index is 0.0188. The van der Waals surface area contributed by atoms with Crippen molar-refractivity contribution in [2.45, 2.75) is 25.0 Å². The average Bonchev–Trinajstić information content (AvgIpc) is 2.98. The lowest BCUT2D eigenvalue weighted by Gasteiger charge is -2.19. The topological polar surface area (TPSA) is 124 Å². The Kier molecular flexibility index (Phi) is 6.10. The predicted molar refractivity (Wildman–Crippen MR) is 90.6 cm³/mol. The highest BCUT2D eigenvalue weighted by molar-refractivity contribution is 8.00. The van der Waals surface area contributed by atoms with Crippen LogP contribution in [0.3, 0.4) is 0 Å². The molecule has 0 aliphatic rings. The summed E-state index contributed by atoms with van der Waals surface area (Å²) in [5.74, 6) is -1.64. The number of nitrogens with zero attached hydrogens (tertiary/aromatic N) is 2. The summed E-state index contributed by atoms with van der Waals surface area (Å²) < 4.78 is 5.17. The Morgan fingerprint density at radius 2 is 2.12 bits per heavy atom. The van der Waals surface area contributed by atoms with E-state index in [1.165, 1.54) is 29.4 Å². The van der Waals surface area contributed by atoms with E-state index in [1.54, 1.807) is 13.8 Å². The summed E-state index contributed by atoms with van der Waals surface area (Å²) in [4.78, 5) is 43.7. The molecule has 2 aromatic heterocycles. The second-order valence-electron chi connectivity index (χ2n) is 5.11. The first-order valence-electron chi connectivity index (χ1n) is 6.99. The minimum atomic E-state index is -1.09. The summed E-state index contributed by atoms with van der Waals surface area (Å²) in [6.45, 7) is 3.40. The second kappa shape index (κ2) is 8.06. The Labute approximate surface area is 146 Å². The summed E-state index contributed by atoms with van der Waals surface area (Å²) >= 11 is 2.68. The number of hydrogen-bond acceptors (Lipinski definition) is 8. The molecule has 2 rings (SSSR count). The van der Waals surface area contributed by atoms with Gasteiger partial charge in [-0.2, -0.15) is 0 Å². The molecule has 0 saturated carbocycles. The van der Waals surface area contributed by atoms with E-state index < -0.39 is 24.0 Å². The lowest BCUT2D eigenvalue weighted by molar-refractivity contribution is -0.155. The lowest BCUT2D eigenvalue weighted by atomic mass is 10.1. The number of primary amides is 1. The summed E-state index contributed by atoms with van der Waals surface area (Å²) in [5.41, 5.74) is 4.91. The first kappa shape index (κ1) is 18.1. The summed E-state index contributed by atoms with van der Waals surface area (Å²) in [6.07, 6.45) is 0.348. The van der Waals surface area contributed by atoms with Crippen LogP contribution in [0.4, 0.5) is 4.79 Å². The maximum absolute atomic E-state index is 12.0. The molecule has 0 radical (unpaired) electrons. The molecular weight excluding hydrogens is 352 g/mol. The number of nitrogens with two attached hydrogens (primary N) is 1. The molecule has 0 aromatic carbocycles. The first-order valence-corrected chi connectivity index (χ1v) is 8.85. The molecule has 0 aliphatic heterocycles. The Balaban J connectivity index is 1.97. The standard InChI is InChI=1S/C14H16N4O4S2/c1-7(2)10(11(20)18-14(15)21)22-9(19)5-24-13-8-3-4-23-12(8)16-6-17-13/h3-4,6-7,10H,5H2,1-2H3,(H3,15,18,20,21)/t10-/m1/s1. The Morgan fingerprint density at radius 3 is 2.79 bits per heavy atom. The van der Waals surface area contributed by atoms with E-state index in [2.05, 4.69) is 9.97 Å². The molecule has 24 heavy (non-hydrogen) atoms. The zero-order valence-electron chi connectivity index (χ0n) is 13.0. The predicted octanol–water partition coefficient (Wildman–Crippen LogP) is 1.55. The van der Waals surface area contributed by atoms with Gasteiger partial charge in [0.2, 0.25) is 0 Å². The van der Waals surface area contributed by atoms with Crippen LogP contribution in [-0.4, -0.2) is 39.7 Å². The number of carbonyl (C=O) groups is 3. The lowest BCUT2D eigenvalue weighted by Crippen LogP contribution is -2.45. The van der Waals surface area contributed by atoms with Gasteiger partial charge < -0.3 is 10.5 Å². The molecule has 2 aromatic rings. The number of carbonyl (C=O) groups excluding carboxylic acids is 3. The van der Waals surface area contributed by atoms with Crippen molar-refractivity contribution in [1.82, 2.24) is 15.3 Å². The largest absolute Gasteiger partial charge is 0.451 e. The Morgan fingerprint density at radius 1 is 1.38 bits per heavy atom. The van der Waals surface area contributed by atoms with Crippen LogP contribution < -0.4 is 11.1 Å². The van der Waals surface area contributed by atoms with Crippen molar-refractivity contribution in [2.75, 3.05) is 5.75 Å². The third-order valence-corrected chi connectivity index (χ3v) is 4.72. The van der Waals surface area contributed by atoms with Crippen LogP contribution in [0.25, 0.3) is 10.2 Å². The highest BCUT2D eigenvalue weighted by Crippen LogP contribution is 2.27. The van der Waals surface area contributed by atoms with E-state index in [1.807, 2.05) is 16.8 Å². The van der Waals surface area contributed by atoms with Gasteiger partial charge in [-0.15, -0.1) is 11.3 Å². The van der Waals surface area contributed by atoms with Gasteiger partial charge in [-0.25, -0.2) is 14.8 Å². The Hall–Kier alpha value is -2.20. The SMILES string of the molecule is CC(C)[C@@H](OC(=O)CSc1ncnc2sccc12)C(=O)NC(N)=O. The normalized spacial score (nSPS) is 12.1. The highest BCUT2D eigenvalue weighted by atomic mass is 32.2. The van der Waals surface area contributed by atoms with E-state index in [9.17, 15) is 14.4 Å². The van der Waals surface area contributed by atoms with E-state index in [-0.39, 0.29) is 11.7 Å². The monoisotopic (exact) mass is 368 g/mol. The fourth-order valence-electron chi connectivity index (χ4n) is 1.87. The van der Waals surface area contributed by atoms with Crippen molar-refractivity contribution in [1.29, 1.82) is 0 Å². The molecule has 3 amide bonds. The molecule has 3 N–H and O–H groups in total. The molecule has 8 nitrogen and oxygen atoms in total. The van der Waals surface area contributed by atoms with Crippen LogP contribution in [0.1, 0.15) is 13.8 Å². The van der Waals surface area contributed by atoms with Crippen LogP contribution in [0.5, 0.6) is 0 Å².